The highest BCUT2D eigenvalue weighted by Crippen LogP contribution is 2.16. The van der Waals surface area contributed by atoms with E-state index < -0.39 is 0 Å². The Morgan fingerprint density at radius 3 is 2.78 bits per heavy atom. The third-order valence-electron chi connectivity index (χ3n) is 3.74. The lowest BCUT2D eigenvalue weighted by molar-refractivity contribution is 0.0953. The number of nitrogen functional groups attached to an aromatic ring is 1. The van der Waals surface area contributed by atoms with Gasteiger partial charge in [0.15, 0.2) is 5.78 Å². The monoisotopic (exact) mass is 246 g/mol. The van der Waals surface area contributed by atoms with Crippen LogP contribution >= 0.6 is 0 Å². The first-order chi connectivity index (χ1) is 8.65. The van der Waals surface area contributed by atoms with Crippen LogP contribution in [0.25, 0.3) is 0 Å². The summed E-state index contributed by atoms with van der Waals surface area (Å²) in [5, 5.41) is 0. The molecule has 1 saturated heterocycles. The van der Waals surface area contributed by atoms with E-state index in [-0.39, 0.29) is 5.78 Å². The Bertz CT molecular complexity index is 409. The summed E-state index contributed by atoms with van der Waals surface area (Å²) in [6.45, 7) is 5.44. The number of hydrogen-bond acceptors (Lipinski definition) is 3. The van der Waals surface area contributed by atoms with Crippen LogP contribution in [0, 0.1) is 5.92 Å². The van der Waals surface area contributed by atoms with Crippen LogP contribution in [0.15, 0.2) is 24.3 Å². The summed E-state index contributed by atoms with van der Waals surface area (Å²) in [5.41, 5.74) is 7.08. The van der Waals surface area contributed by atoms with Crippen LogP contribution in [0.4, 0.5) is 5.69 Å². The van der Waals surface area contributed by atoms with E-state index in [1.165, 1.54) is 12.8 Å². The fraction of sp³-hybridized carbons (Fsp3) is 0.533. The molecule has 2 rings (SSSR count). The molecule has 0 spiro atoms. The second-order valence-electron chi connectivity index (χ2n) is 5.32. The van der Waals surface area contributed by atoms with Crippen molar-refractivity contribution in [3.8, 4) is 0 Å². The van der Waals surface area contributed by atoms with Gasteiger partial charge in [-0.3, -0.25) is 4.79 Å². The van der Waals surface area contributed by atoms with Gasteiger partial charge in [-0.25, -0.2) is 0 Å². The van der Waals surface area contributed by atoms with Crippen molar-refractivity contribution in [2.45, 2.75) is 26.2 Å². The number of anilines is 1. The average molecular weight is 246 g/mol. The van der Waals surface area contributed by atoms with E-state index in [9.17, 15) is 4.79 Å². The zero-order valence-corrected chi connectivity index (χ0v) is 11.1. The molecule has 0 amide bonds. The molecule has 1 aliphatic heterocycles. The van der Waals surface area contributed by atoms with Gasteiger partial charge in [0.05, 0.1) is 0 Å². The van der Waals surface area contributed by atoms with Crippen molar-refractivity contribution in [2.75, 3.05) is 25.4 Å². The van der Waals surface area contributed by atoms with Gasteiger partial charge in [-0.1, -0.05) is 19.1 Å². The van der Waals surface area contributed by atoms with Crippen molar-refractivity contribution in [2.24, 2.45) is 5.92 Å². The predicted octanol–water partition coefficient (Wildman–Crippen LogP) is 2.57. The van der Waals surface area contributed by atoms with Gasteiger partial charge in [-0.05, 0) is 44.0 Å². The molecular weight excluding hydrogens is 224 g/mol. The van der Waals surface area contributed by atoms with Gasteiger partial charge in [0.2, 0.25) is 0 Å². The van der Waals surface area contributed by atoms with Crippen molar-refractivity contribution >= 4 is 11.5 Å². The van der Waals surface area contributed by atoms with E-state index in [0.29, 0.717) is 12.1 Å². The normalized spacial score (nSPS) is 17.8. The number of rotatable bonds is 4. The van der Waals surface area contributed by atoms with E-state index in [2.05, 4.69) is 11.8 Å². The zero-order chi connectivity index (χ0) is 13.0. The molecule has 18 heavy (non-hydrogen) atoms. The molecule has 0 radical (unpaired) electrons. The van der Waals surface area contributed by atoms with Crippen LogP contribution < -0.4 is 5.73 Å². The van der Waals surface area contributed by atoms with Crippen molar-refractivity contribution < 1.29 is 4.79 Å². The zero-order valence-electron chi connectivity index (χ0n) is 11.1. The molecule has 1 aliphatic rings. The molecule has 0 atom stereocenters. The minimum atomic E-state index is 0.195. The first kappa shape index (κ1) is 13.1. The highest BCUT2D eigenvalue weighted by Gasteiger charge is 2.16. The maximum Gasteiger partial charge on any atom is 0.164 e. The number of carbonyl (C=O) groups is 1. The third kappa shape index (κ3) is 3.57. The Hall–Kier alpha value is -1.35. The molecule has 3 heteroatoms. The standard InChI is InChI=1S/C15H22N2O/c1-12-5-8-17(9-6-12)10-7-15(18)13-3-2-4-14(16)11-13/h2-4,11-12H,5-10,16H2,1H3. The summed E-state index contributed by atoms with van der Waals surface area (Å²) in [4.78, 5) is 14.4. The van der Waals surface area contributed by atoms with Crippen molar-refractivity contribution in [3.63, 3.8) is 0 Å². The fourth-order valence-electron chi connectivity index (χ4n) is 2.40. The van der Waals surface area contributed by atoms with E-state index in [1.54, 1.807) is 6.07 Å². The summed E-state index contributed by atoms with van der Waals surface area (Å²) in [6.07, 6.45) is 3.11. The number of nitrogens with two attached hydrogens (primary N) is 1. The maximum absolute atomic E-state index is 12.0. The van der Waals surface area contributed by atoms with Gasteiger partial charge in [0.25, 0.3) is 0 Å². The minimum Gasteiger partial charge on any atom is -0.399 e. The SMILES string of the molecule is CC1CCN(CCC(=O)c2cccc(N)c2)CC1. The minimum absolute atomic E-state index is 0.195. The third-order valence-corrected chi connectivity index (χ3v) is 3.74. The summed E-state index contributed by atoms with van der Waals surface area (Å²) in [5.74, 6) is 1.03. The number of carbonyl (C=O) groups excluding carboxylic acids is 1. The van der Waals surface area contributed by atoms with Gasteiger partial charge in [0, 0.05) is 24.2 Å². The Kier molecular flexibility index (Phi) is 4.37. The lowest BCUT2D eigenvalue weighted by Gasteiger charge is -2.29. The van der Waals surface area contributed by atoms with E-state index in [1.807, 2.05) is 18.2 Å². The Labute approximate surface area is 109 Å². The Balaban J connectivity index is 1.81. The van der Waals surface area contributed by atoms with Gasteiger partial charge < -0.3 is 10.6 Å². The maximum atomic E-state index is 12.0. The van der Waals surface area contributed by atoms with Crippen molar-refractivity contribution in [1.82, 2.24) is 4.90 Å². The lowest BCUT2D eigenvalue weighted by Crippen LogP contribution is -2.34. The molecule has 0 bridgehead atoms. The second kappa shape index (κ2) is 6.01. The van der Waals surface area contributed by atoms with Gasteiger partial charge in [0.1, 0.15) is 0 Å². The molecule has 98 valence electrons. The lowest BCUT2D eigenvalue weighted by atomic mass is 9.99. The first-order valence-corrected chi connectivity index (χ1v) is 6.76. The summed E-state index contributed by atoms with van der Waals surface area (Å²) >= 11 is 0. The van der Waals surface area contributed by atoms with E-state index in [0.717, 1.165) is 31.1 Å². The van der Waals surface area contributed by atoms with Crippen LogP contribution in [0.5, 0.6) is 0 Å². The van der Waals surface area contributed by atoms with E-state index in [4.69, 9.17) is 5.73 Å². The number of Topliss-reactive ketones (excluding diaryl/α,β-unsaturated/α-hetero) is 1. The Morgan fingerprint density at radius 1 is 1.39 bits per heavy atom. The number of likely N-dealkylation sites (tertiary alicyclic amines) is 1. The largest absolute Gasteiger partial charge is 0.399 e. The molecule has 1 aromatic rings. The van der Waals surface area contributed by atoms with Crippen LogP contribution in [0.1, 0.15) is 36.5 Å². The summed E-state index contributed by atoms with van der Waals surface area (Å²) < 4.78 is 0. The molecule has 3 nitrogen and oxygen atoms in total. The number of hydrogen-bond donors (Lipinski definition) is 1. The molecule has 0 aromatic heterocycles. The fourth-order valence-corrected chi connectivity index (χ4v) is 2.40. The average Bonchev–Trinajstić information content (AvgIpc) is 2.38. The van der Waals surface area contributed by atoms with Crippen molar-refractivity contribution in [1.29, 1.82) is 0 Å². The molecule has 0 saturated carbocycles. The van der Waals surface area contributed by atoms with Crippen LogP contribution in [-0.4, -0.2) is 30.3 Å². The number of benzene rings is 1. The number of ketones is 1. The van der Waals surface area contributed by atoms with Crippen LogP contribution in [-0.2, 0) is 0 Å². The quantitative estimate of drug-likeness (QED) is 0.656. The molecule has 1 heterocycles. The Morgan fingerprint density at radius 2 is 2.11 bits per heavy atom. The van der Waals surface area contributed by atoms with Gasteiger partial charge in [-0.2, -0.15) is 0 Å². The highest BCUT2D eigenvalue weighted by molar-refractivity contribution is 5.96. The number of piperidine rings is 1. The van der Waals surface area contributed by atoms with Crippen LogP contribution in [0.2, 0.25) is 0 Å². The molecule has 1 fully saturated rings. The van der Waals surface area contributed by atoms with Gasteiger partial charge in [-0.15, -0.1) is 0 Å². The smallest absolute Gasteiger partial charge is 0.164 e. The van der Waals surface area contributed by atoms with Crippen molar-refractivity contribution in [3.05, 3.63) is 29.8 Å². The summed E-state index contributed by atoms with van der Waals surface area (Å²) in [6, 6.07) is 7.26. The van der Waals surface area contributed by atoms with E-state index >= 15 is 0 Å². The topological polar surface area (TPSA) is 46.3 Å². The highest BCUT2D eigenvalue weighted by atomic mass is 16.1. The molecule has 1 aromatic carbocycles. The predicted molar refractivity (Wildman–Crippen MR) is 74.6 cm³/mol. The summed E-state index contributed by atoms with van der Waals surface area (Å²) in [7, 11) is 0. The molecule has 2 N–H and O–H groups in total. The van der Waals surface area contributed by atoms with Crippen LogP contribution in [0.3, 0.4) is 0 Å². The van der Waals surface area contributed by atoms with Gasteiger partial charge >= 0.3 is 0 Å². The second-order valence-corrected chi connectivity index (χ2v) is 5.32. The number of nitrogens with zero attached hydrogens (tertiary/aromatic N) is 1. The first-order valence-electron chi connectivity index (χ1n) is 6.76. The molecule has 0 unspecified atom stereocenters. The molecule has 0 aliphatic carbocycles. The molecular formula is C15H22N2O.